The summed E-state index contributed by atoms with van der Waals surface area (Å²) in [6.45, 7) is 0. The van der Waals surface area contributed by atoms with Gasteiger partial charge in [0, 0.05) is 18.3 Å². The van der Waals surface area contributed by atoms with Gasteiger partial charge in [0.15, 0.2) is 0 Å². The van der Waals surface area contributed by atoms with Crippen molar-refractivity contribution in [3.05, 3.63) is 77.0 Å². The summed E-state index contributed by atoms with van der Waals surface area (Å²) in [6, 6.07) is 8.49. The average Bonchev–Trinajstić information content (AvgIpc) is 2.86. The maximum Gasteiger partial charge on any atom is 0.416 e. The number of nitrogens with one attached hydrogen (secondary N) is 2. The molecule has 0 saturated heterocycles. The van der Waals surface area contributed by atoms with E-state index in [9.17, 15) is 21.6 Å². The van der Waals surface area contributed by atoms with Crippen LogP contribution in [0.15, 0.2) is 59.9 Å². The number of halogens is 5. The second-order valence-corrected chi connectivity index (χ2v) is 11.4. The topological polar surface area (TPSA) is 87.2 Å². The molecule has 0 spiro atoms. The number of rotatable bonds is 7. The van der Waals surface area contributed by atoms with Crippen LogP contribution in [0.1, 0.15) is 36.3 Å². The first-order valence-corrected chi connectivity index (χ1v) is 13.6. The Labute approximate surface area is 223 Å². The van der Waals surface area contributed by atoms with Crippen molar-refractivity contribution < 1.29 is 26.0 Å². The Morgan fingerprint density at radius 3 is 2.50 bits per heavy atom. The van der Waals surface area contributed by atoms with Crippen molar-refractivity contribution in [1.29, 1.82) is 0 Å². The zero-order valence-electron chi connectivity index (χ0n) is 20.5. The second kappa shape index (κ2) is 11.0. The van der Waals surface area contributed by atoms with E-state index in [1.54, 1.807) is 6.07 Å². The molecule has 0 radical (unpaired) electrons. The largest absolute Gasteiger partial charge is 0.416 e. The second-order valence-electron chi connectivity index (χ2n) is 9.34. The first-order valence-electron chi connectivity index (χ1n) is 11.7. The summed E-state index contributed by atoms with van der Waals surface area (Å²) in [7, 11) is -0.667. The molecule has 1 fully saturated rings. The maximum atomic E-state index is 15.0. The van der Waals surface area contributed by atoms with E-state index in [4.69, 9.17) is 11.6 Å². The van der Waals surface area contributed by atoms with Crippen molar-refractivity contribution in [2.24, 2.45) is 0 Å². The number of hydrogen-bond acceptors (Lipinski definition) is 6. The average molecular weight is 572 g/mol. The van der Waals surface area contributed by atoms with E-state index in [-0.39, 0.29) is 40.1 Å². The molecule has 3 aromatic rings. The SMILES string of the molecule is CN(C)[C@@H]1C[C@H](c2ccccc2C(F)(F)F)CC[C@H]1Nc1cc(F)c(S(=O)(=O)Nc2ccncn2)cc1Cl. The molecule has 2 aromatic carbocycles. The first kappa shape index (κ1) is 28.1. The summed E-state index contributed by atoms with van der Waals surface area (Å²) in [4.78, 5) is 8.73. The summed E-state index contributed by atoms with van der Waals surface area (Å²) in [5.41, 5.74) is -0.178. The molecular weight excluding hydrogens is 546 g/mol. The van der Waals surface area contributed by atoms with Crippen LogP contribution < -0.4 is 10.0 Å². The number of sulfonamides is 1. The fourth-order valence-electron chi connectivity index (χ4n) is 4.87. The number of benzene rings is 2. The van der Waals surface area contributed by atoms with Crippen LogP contribution in [0.5, 0.6) is 0 Å². The van der Waals surface area contributed by atoms with E-state index in [1.807, 2.05) is 19.0 Å². The van der Waals surface area contributed by atoms with Gasteiger partial charge in [-0.1, -0.05) is 29.8 Å². The highest BCUT2D eigenvalue weighted by molar-refractivity contribution is 7.92. The summed E-state index contributed by atoms with van der Waals surface area (Å²) in [5, 5.41) is 3.18. The highest BCUT2D eigenvalue weighted by atomic mass is 35.5. The lowest BCUT2D eigenvalue weighted by Gasteiger charge is -2.41. The summed E-state index contributed by atoms with van der Waals surface area (Å²) in [6.07, 6.45) is -0.565. The maximum absolute atomic E-state index is 15.0. The van der Waals surface area contributed by atoms with Gasteiger partial charge >= 0.3 is 6.18 Å². The van der Waals surface area contributed by atoms with Crippen LogP contribution in [0.25, 0.3) is 0 Å². The summed E-state index contributed by atoms with van der Waals surface area (Å²) >= 11 is 6.37. The Morgan fingerprint density at radius 1 is 1.11 bits per heavy atom. The van der Waals surface area contributed by atoms with E-state index >= 15 is 4.39 Å². The number of aromatic nitrogens is 2. The molecule has 38 heavy (non-hydrogen) atoms. The molecule has 204 valence electrons. The van der Waals surface area contributed by atoms with Crippen molar-refractivity contribution in [3.8, 4) is 0 Å². The van der Waals surface area contributed by atoms with Crippen molar-refractivity contribution in [2.75, 3.05) is 24.1 Å². The fourth-order valence-corrected chi connectivity index (χ4v) is 6.25. The predicted molar refractivity (Wildman–Crippen MR) is 137 cm³/mol. The minimum atomic E-state index is -4.45. The van der Waals surface area contributed by atoms with Gasteiger partial charge in [0.1, 0.15) is 22.9 Å². The van der Waals surface area contributed by atoms with Crippen LogP contribution in [0.3, 0.4) is 0 Å². The zero-order chi connectivity index (χ0) is 27.7. The minimum absolute atomic E-state index is 0.0171. The van der Waals surface area contributed by atoms with Crippen molar-refractivity contribution in [1.82, 2.24) is 14.9 Å². The number of nitrogens with zero attached hydrogens (tertiary/aromatic N) is 3. The summed E-state index contributed by atoms with van der Waals surface area (Å²) < 4.78 is 83.5. The third-order valence-electron chi connectivity index (χ3n) is 6.66. The molecule has 2 N–H and O–H groups in total. The standard InChI is InChI=1S/C25H26ClF4N5O2S/c1-35(2)22-11-15(16-5-3-4-6-17(16)25(28,29)30)7-8-20(22)33-21-13-19(27)23(12-18(21)26)38(36,37)34-24-9-10-31-14-32-24/h3-6,9-10,12-15,20,22,33H,7-8,11H2,1-2H3,(H,31,32,34)/t15-,20-,22-/m1/s1. The highest BCUT2D eigenvalue weighted by Gasteiger charge is 2.39. The molecule has 1 heterocycles. The lowest BCUT2D eigenvalue weighted by molar-refractivity contribution is -0.138. The van der Waals surface area contributed by atoms with Crippen molar-refractivity contribution in [3.63, 3.8) is 0 Å². The molecule has 0 amide bonds. The van der Waals surface area contributed by atoms with Gasteiger partial charge in [0.25, 0.3) is 10.0 Å². The molecule has 13 heteroatoms. The molecule has 0 aliphatic heterocycles. The Morgan fingerprint density at radius 2 is 1.84 bits per heavy atom. The highest BCUT2D eigenvalue weighted by Crippen LogP contribution is 2.42. The third kappa shape index (κ3) is 6.19. The van der Waals surface area contributed by atoms with Crippen LogP contribution in [-0.4, -0.2) is 49.5 Å². The van der Waals surface area contributed by atoms with Crippen LogP contribution in [-0.2, 0) is 16.2 Å². The predicted octanol–water partition coefficient (Wildman–Crippen LogP) is 5.77. The number of anilines is 2. The first-order chi connectivity index (χ1) is 17.9. The van der Waals surface area contributed by atoms with Gasteiger partial charge in [-0.15, -0.1) is 0 Å². The number of alkyl halides is 3. The molecule has 7 nitrogen and oxygen atoms in total. The van der Waals surface area contributed by atoms with Gasteiger partial charge in [-0.05, 0) is 69.1 Å². The third-order valence-corrected chi connectivity index (χ3v) is 8.34. The quantitative estimate of drug-likeness (QED) is 0.350. The molecule has 1 saturated carbocycles. The summed E-state index contributed by atoms with van der Waals surface area (Å²) in [5.74, 6) is -1.37. The Kier molecular flexibility index (Phi) is 8.15. The molecule has 1 aromatic heterocycles. The Bertz CT molecular complexity index is 1390. The Hall–Kier alpha value is -2.96. The van der Waals surface area contributed by atoms with E-state index in [2.05, 4.69) is 20.0 Å². The van der Waals surface area contributed by atoms with Gasteiger partial charge in [0.2, 0.25) is 0 Å². The molecule has 0 bridgehead atoms. The molecule has 1 aliphatic carbocycles. The number of likely N-dealkylation sites (N-methyl/N-ethyl adjacent to an activating group) is 1. The molecule has 1 aliphatic rings. The van der Waals surface area contributed by atoms with Gasteiger partial charge in [0.05, 0.1) is 16.3 Å². The zero-order valence-corrected chi connectivity index (χ0v) is 22.1. The Balaban J connectivity index is 1.55. The van der Waals surface area contributed by atoms with Crippen LogP contribution in [0.4, 0.5) is 29.1 Å². The van der Waals surface area contributed by atoms with E-state index in [1.165, 1.54) is 24.4 Å². The van der Waals surface area contributed by atoms with Crippen molar-refractivity contribution in [2.45, 2.75) is 48.3 Å². The lowest BCUT2D eigenvalue weighted by atomic mass is 9.76. The van der Waals surface area contributed by atoms with Gasteiger partial charge in [-0.25, -0.2) is 22.8 Å². The lowest BCUT2D eigenvalue weighted by Crippen LogP contribution is -2.47. The fraction of sp³-hybridized carbons (Fsp3) is 0.360. The minimum Gasteiger partial charge on any atom is -0.379 e. The molecule has 3 atom stereocenters. The van der Waals surface area contributed by atoms with Crippen molar-refractivity contribution >= 4 is 33.1 Å². The molecule has 4 rings (SSSR count). The van der Waals surface area contributed by atoms with Gasteiger partial charge < -0.3 is 10.2 Å². The molecular formula is C25H26ClF4N5O2S. The monoisotopic (exact) mass is 571 g/mol. The van der Waals surface area contributed by atoms with Crippen LogP contribution >= 0.6 is 11.6 Å². The van der Waals surface area contributed by atoms with E-state index < -0.39 is 32.5 Å². The van der Waals surface area contributed by atoms with Gasteiger partial charge in [-0.3, -0.25) is 4.72 Å². The normalized spacial score (nSPS) is 20.4. The molecule has 0 unspecified atom stereocenters. The van der Waals surface area contributed by atoms with Crippen LogP contribution in [0, 0.1) is 5.82 Å². The van der Waals surface area contributed by atoms with Crippen LogP contribution in [0.2, 0.25) is 5.02 Å². The van der Waals surface area contributed by atoms with Gasteiger partial charge in [-0.2, -0.15) is 13.2 Å². The number of hydrogen-bond donors (Lipinski definition) is 2. The van der Waals surface area contributed by atoms with E-state index in [0.29, 0.717) is 19.3 Å². The smallest absolute Gasteiger partial charge is 0.379 e. The van der Waals surface area contributed by atoms with E-state index in [0.717, 1.165) is 24.5 Å².